The highest BCUT2D eigenvalue weighted by molar-refractivity contribution is 7.89. The molecule has 19 heavy (non-hydrogen) atoms. The second kappa shape index (κ2) is 5.74. The molecule has 7 nitrogen and oxygen atoms in total. The fourth-order valence-corrected chi connectivity index (χ4v) is 2.33. The van der Waals surface area contributed by atoms with Crippen LogP contribution < -0.4 is 16.2 Å². The zero-order chi connectivity index (χ0) is 14.7. The van der Waals surface area contributed by atoms with E-state index in [4.69, 9.17) is 10.9 Å². The van der Waals surface area contributed by atoms with Gasteiger partial charge in [0.2, 0.25) is 10.0 Å². The van der Waals surface area contributed by atoms with Crippen LogP contribution in [-0.4, -0.2) is 37.4 Å². The molecule has 0 saturated carbocycles. The molecule has 0 fully saturated rings. The number of sulfonamides is 1. The normalized spacial score (nSPS) is 12.4. The van der Waals surface area contributed by atoms with Crippen molar-refractivity contribution < 1.29 is 18.6 Å². The Morgan fingerprint density at radius 2 is 1.89 bits per heavy atom. The first-order valence-electron chi connectivity index (χ1n) is 5.70. The summed E-state index contributed by atoms with van der Waals surface area (Å²) in [5.74, 6) is 0. The lowest BCUT2D eigenvalue weighted by molar-refractivity contribution is 0.132. The summed E-state index contributed by atoms with van der Waals surface area (Å²) in [6.07, 6.45) is 0.397. The highest BCUT2D eigenvalue weighted by Crippen LogP contribution is 2.27. The molecule has 0 amide bonds. The summed E-state index contributed by atoms with van der Waals surface area (Å²) in [5.41, 5.74) is 4.97. The van der Waals surface area contributed by atoms with E-state index < -0.39 is 15.6 Å². The Bertz CT molecular complexity index is 533. The summed E-state index contributed by atoms with van der Waals surface area (Å²) in [7, 11) is -3.96. The van der Waals surface area contributed by atoms with E-state index in [1.54, 1.807) is 6.92 Å². The number of hydrogen-bond donors (Lipinski definition) is 5. The number of rotatable bonds is 6. The molecule has 0 aromatic heterocycles. The highest BCUT2D eigenvalue weighted by Gasteiger charge is 2.28. The molecule has 8 heteroatoms. The minimum Gasteiger partial charge on any atom is -0.399 e. The Morgan fingerprint density at radius 3 is 2.32 bits per heavy atom. The second-order valence-electron chi connectivity index (χ2n) is 4.38. The third-order valence-electron chi connectivity index (χ3n) is 2.99. The van der Waals surface area contributed by atoms with Crippen molar-refractivity contribution >= 4 is 21.4 Å². The van der Waals surface area contributed by atoms with Crippen LogP contribution in [0.3, 0.4) is 0 Å². The monoisotopic (exact) mass is 289 g/mol. The summed E-state index contributed by atoms with van der Waals surface area (Å²) in [6, 6.07) is 4.18. The molecule has 0 radical (unpaired) electrons. The molecule has 0 aliphatic heterocycles. The lowest BCUT2D eigenvalue weighted by Crippen LogP contribution is -2.45. The van der Waals surface area contributed by atoms with E-state index in [2.05, 4.69) is 5.32 Å². The minimum absolute atomic E-state index is 0.174. The van der Waals surface area contributed by atoms with Crippen LogP contribution in [0.2, 0.25) is 0 Å². The van der Waals surface area contributed by atoms with Crippen LogP contribution in [0, 0.1) is 0 Å². The predicted octanol–water partition coefficient (Wildman–Crippen LogP) is -0.538. The van der Waals surface area contributed by atoms with Crippen molar-refractivity contribution in [2.45, 2.75) is 23.8 Å². The van der Waals surface area contributed by atoms with Crippen molar-refractivity contribution in [3.05, 3.63) is 18.2 Å². The van der Waals surface area contributed by atoms with Crippen LogP contribution in [0.5, 0.6) is 0 Å². The Kier molecular flexibility index (Phi) is 4.75. The number of nitrogen functional groups attached to an aromatic ring is 1. The number of nitrogens with one attached hydrogen (secondary N) is 1. The number of nitrogens with two attached hydrogens (primary N) is 2. The largest absolute Gasteiger partial charge is 0.399 e. The second-order valence-corrected chi connectivity index (χ2v) is 5.91. The molecule has 1 rings (SSSR count). The van der Waals surface area contributed by atoms with Crippen molar-refractivity contribution in [2.75, 3.05) is 24.3 Å². The average Bonchev–Trinajstić information content (AvgIpc) is 2.37. The summed E-state index contributed by atoms with van der Waals surface area (Å²) in [6.45, 7) is 1.05. The van der Waals surface area contributed by atoms with Gasteiger partial charge < -0.3 is 21.3 Å². The maximum atomic E-state index is 11.5. The first kappa shape index (κ1) is 15.7. The zero-order valence-electron chi connectivity index (χ0n) is 10.6. The van der Waals surface area contributed by atoms with Crippen molar-refractivity contribution in [1.29, 1.82) is 0 Å². The van der Waals surface area contributed by atoms with Gasteiger partial charge in [-0.25, -0.2) is 13.6 Å². The standard InChI is InChI=1S/C11H19N3O4S/c1-2-11(6-15,7-16)14-9-4-3-8(12)5-10(9)19(13,17)18/h3-5,14-16H,2,6-7,12H2,1H3,(H2,13,17,18). The Labute approximate surface area is 112 Å². The first-order chi connectivity index (χ1) is 8.78. The van der Waals surface area contributed by atoms with Gasteiger partial charge in [0.15, 0.2) is 0 Å². The quantitative estimate of drug-likeness (QED) is 0.446. The Hall–Kier alpha value is -1.35. The molecule has 0 aliphatic rings. The van der Waals surface area contributed by atoms with Gasteiger partial charge in [-0.2, -0.15) is 0 Å². The van der Waals surface area contributed by atoms with Gasteiger partial charge in [0, 0.05) is 5.69 Å². The van der Waals surface area contributed by atoms with Gasteiger partial charge in [0.25, 0.3) is 0 Å². The van der Waals surface area contributed by atoms with Crippen LogP contribution in [-0.2, 0) is 10.0 Å². The van der Waals surface area contributed by atoms with Crippen LogP contribution in [0.4, 0.5) is 11.4 Å². The molecule has 0 atom stereocenters. The lowest BCUT2D eigenvalue weighted by atomic mass is 9.98. The third-order valence-corrected chi connectivity index (χ3v) is 3.94. The van der Waals surface area contributed by atoms with Gasteiger partial charge >= 0.3 is 0 Å². The van der Waals surface area contributed by atoms with Gasteiger partial charge in [-0.05, 0) is 24.6 Å². The number of primary sulfonamides is 1. The summed E-state index contributed by atoms with van der Waals surface area (Å²) in [5, 5.41) is 26.7. The van der Waals surface area contributed by atoms with Gasteiger partial charge in [-0.3, -0.25) is 0 Å². The van der Waals surface area contributed by atoms with Gasteiger partial charge in [0.05, 0.1) is 24.4 Å². The van der Waals surface area contributed by atoms with Crippen molar-refractivity contribution in [1.82, 2.24) is 0 Å². The number of aliphatic hydroxyl groups is 2. The number of aliphatic hydroxyl groups excluding tert-OH is 2. The molecule has 1 aromatic carbocycles. The molecule has 0 spiro atoms. The maximum Gasteiger partial charge on any atom is 0.240 e. The number of anilines is 2. The van der Waals surface area contributed by atoms with Gasteiger partial charge in [-0.1, -0.05) is 6.92 Å². The van der Waals surface area contributed by atoms with E-state index in [9.17, 15) is 18.6 Å². The first-order valence-corrected chi connectivity index (χ1v) is 7.25. The molecule has 108 valence electrons. The highest BCUT2D eigenvalue weighted by atomic mass is 32.2. The number of benzene rings is 1. The molecule has 1 aromatic rings. The summed E-state index contributed by atoms with van der Waals surface area (Å²) < 4.78 is 23.0. The van der Waals surface area contributed by atoms with Crippen molar-refractivity contribution in [3.8, 4) is 0 Å². The predicted molar refractivity (Wildman–Crippen MR) is 73.0 cm³/mol. The number of hydrogen-bond acceptors (Lipinski definition) is 6. The van der Waals surface area contributed by atoms with E-state index in [0.717, 1.165) is 0 Å². The third kappa shape index (κ3) is 3.57. The zero-order valence-corrected chi connectivity index (χ0v) is 11.4. The fraction of sp³-hybridized carbons (Fsp3) is 0.455. The molecular formula is C11H19N3O4S. The Balaban J connectivity index is 3.28. The lowest BCUT2D eigenvalue weighted by Gasteiger charge is -2.31. The molecule has 0 heterocycles. The van der Waals surface area contributed by atoms with E-state index in [1.165, 1.54) is 18.2 Å². The summed E-state index contributed by atoms with van der Waals surface area (Å²) in [4.78, 5) is -0.174. The van der Waals surface area contributed by atoms with E-state index in [-0.39, 0.29) is 29.5 Å². The molecule has 0 bridgehead atoms. The molecule has 0 aliphatic carbocycles. The Morgan fingerprint density at radius 1 is 1.32 bits per heavy atom. The van der Waals surface area contributed by atoms with E-state index in [1.807, 2.05) is 0 Å². The summed E-state index contributed by atoms with van der Waals surface area (Å²) >= 11 is 0. The smallest absolute Gasteiger partial charge is 0.240 e. The SMILES string of the molecule is CCC(CO)(CO)Nc1ccc(N)cc1S(N)(=O)=O. The van der Waals surface area contributed by atoms with E-state index >= 15 is 0 Å². The van der Waals surface area contributed by atoms with Crippen LogP contribution >= 0.6 is 0 Å². The molecule has 7 N–H and O–H groups in total. The van der Waals surface area contributed by atoms with Crippen LogP contribution in [0.1, 0.15) is 13.3 Å². The molecule has 0 unspecified atom stereocenters. The van der Waals surface area contributed by atoms with Crippen molar-refractivity contribution in [3.63, 3.8) is 0 Å². The minimum atomic E-state index is -3.96. The van der Waals surface area contributed by atoms with Crippen molar-refractivity contribution in [2.24, 2.45) is 5.14 Å². The van der Waals surface area contributed by atoms with Crippen LogP contribution in [0.25, 0.3) is 0 Å². The van der Waals surface area contributed by atoms with Crippen LogP contribution in [0.15, 0.2) is 23.1 Å². The van der Waals surface area contributed by atoms with Gasteiger partial charge in [0.1, 0.15) is 4.90 Å². The fourth-order valence-electron chi connectivity index (χ4n) is 1.60. The maximum absolute atomic E-state index is 11.5. The molecule has 0 saturated heterocycles. The average molecular weight is 289 g/mol. The van der Waals surface area contributed by atoms with E-state index in [0.29, 0.717) is 6.42 Å². The molecular weight excluding hydrogens is 270 g/mol. The van der Waals surface area contributed by atoms with Gasteiger partial charge in [-0.15, -0.1) is 0 Å². The topological polar surface area (TPSA) is 139 Å².